The molecule has 3 rings (SSSR count). The Bertz CT molecular complexity index is 773. The van der Waals surface area contributed by atoms with Crippen LogP contribution in [0.3, 0.4) is 0 Å². The summed E-state index contributed by atoms with van der Waals surface area (Å²) in [7, 11) is 0. The van der Waals surface area contributed by atoms with Crippen LogP contribution in [0.15, 0.2) is 42.7 Å². The summed E-state index contributed by atoms with van der Waals surface area (Å²) in [5.74, 6) is -0.287. The summed E-state index contributed by atoms with van der Waals surface area (Å²) in [5.41, 5.74) is 1.81. The second-order valence-corrected chi connectivity index (χ2v) is 6.22. The highest BCUT2D eigenvalue weighted by Gasteiger charge is 2.30. The molecule has 136 valence electrons. The Balaban J connectivity index is 1.64. The largest absolute Gasteiger partial charge is 0.337 e. The van der Waals surface area contributed by atoms with Crippen LogP contribution in [0.1, 0.15) is 12.5 Å². The summed E-state index contributed by atoms with van der Waals surface area (Å²) in [5, 5.41) is 0. The minimum Gasteiger partial charge on any atom is -0.337 e. The monoisotopic (exact) mass is 353 g/mol. The number of rotatable bonds is 3. The number of anilines is 2. The molecular weight excluding hydrogens is 330 g/mol. The van der Waals surface area contributed by atoms with Crippen LogP contribution in [0.5, 0.6) is 0 Å². The molecule has 0 spiro atoms. The van der Waals surface area contributed by atoms with Crippen molar-refractivity contribution in [3.05, 3.63) is 48.3 Å². The molecule has 0 unspecified atom stereocenters. The zero-order valence-corrected chi connectivity index (χ0v) is 15.1. The fourth-order valence-corrected chi connectivity index (χ4v) is 3.05. The molecule has 1 aliphatic rings. The highest BCUT2D eigenvalue weighted by atomic mass is 16.2. The first-order valence-corrected chi connectivity index (χ1v) is 8.79. The number of hydrogen-bond donors (Lipinski definition) is 0. The maximum absolute atomic E-state index is 12.7. The number of amides is 2. The van der Waals surface area contributed by atoms with Crippen LogP contribution >= 0.6 is 0 Å². The third-order valence-electron chi connectivity index (χ3n) is 4.46. The summed E-state index contributed by atoms with van der Waals surface area (Å²) < 4.78 is 0. The summed E-state index contributed by atoms with van der Waals surface area (Å²) in [6.07, 6.45) is 3.40. The highest BCUT2D eigenvalue weighted by molar-refractivity contribution is 6.40. The van der Waals surface area contributed by atoms with E-state index in [1.54, 1.807) is 23.4 Å². The SMILES string of the molecule is CCN(C(=O)C(=O)N1CCN(c2ncccn2)CC1)c1cccc(C)c1. The molecule has 1 aromatic carbocycles. The number of carbonyl (C=O) groups excluding carboxylic acids is 2. The van der Waals surface area contributed by atoms with Crippen LogP contribution in [0.2, 0.25) is 0 Å². The van der Waals surface area contributed by atoms with Gasteiger partial charge < -0.3 is 14.7 Å². The van der Waals surface area contributed by atoms with Gasteiger partial charge in [0.2, 0.25) is 5.95 Å². The normalized spacial score (nSPS) is 14.2. The zero-order valence-electron chi connectivity index (χ0n) is 15.1. The predicted octanol–water partition coefficient (Wildman–Crippen LogP) is 1.49. The van der Waals surface area contributed by atoms with Gasteiger partial charge in [-0.25, -0.2) is 9.97 Å². The minimum absolute atomic E-state index is 0.450. The molecule has 26 heavy (non-hydrogen) atoms. The second kappa shape index (κ2) is 7.95. The number of likely N-dealkylation sites (N-methyl/N-ethyl adjacent to an activating group) is 1. The third-order valence-corrected chi connectivity index (χ3v) is 4.46. The van der Waals surface area contributed by atoms with Crippen LogP contribution in [0.25, 0.3) is 0 Å². The van der Waals surface area contributed by atoms with E-state index >= 15 is 0 Å². The van der Waals surface area contributed by atoms with Gasteiger partial charge in [-0.3, -0.25) is 9.59 Å². The number of aromatic nitrogens is 2. The lowest BCUT2D eigenvalue weighted by atomic mass is 10.2. The third kappa shape index (κ3) is 3.82. The molecule has 7 heteroatoms. The number of nitrogens with zero attached hydrogens (tertiary/aromatic N) is 5. The van der Waals surface area contributed by atoms with E-state index in [-0.39, 0.29) is 0 Å². The molecule has 1 aromatic heterocycles. The van der Waals surface area contributed by atoms with Gasteiger partial charge in [-0.15, -0.1) is 0 Å². The average Bonchev–Trinajstić information content (AvgIpc) is 2.69. The van der Waals surface area contributed by atoms with Crippen molar-refractivity contribution in [1.29, 1.82) is 0 Å². The van der Waals surface area contributed by atoms with E-state index in [0.29, 0.717) is 38.7 Å². The Kier molecular flexibility index (Phi) is 5.46. The van der Waals surface area contributed by atoms with Crippen LogP contribution in [-0.2, 0) is 9.59 Å². The Hall–Kier alpha value is -2.96. The van der Waals surface area contributed by atoms with E-state index in [1.165, 1.54) is 4.90 Å². The lowest BCUT2D eigenvalue weighted by Crippen LogP contribution is -2.53. The number of benzene rings is 1. The number of aryl methyl sites for hydroxylation is 1. The first-order chi connectivity index (χ1) is 12.6. The van der Waals surface area contributed by atoms with Crippen molar-refractivity contribution in [3.63, 3.8) is 0 Å². The molecule has 1 fully saturated rings. The Morgan fingerprint density at radius 1 is 1.08 bits per heavy atom. The van der Waals surface area contributed by atoms with Crippen molar-refractivity contribution in [2.45, 2.75) is 13.8 Å². The fourth-order valence-electron chi connectivity index (χ4n) is 3.05. The summed E-state index contributed by atoms with van der Waals surface area (Å²) in [6, 6.07) is 9.40. The Morgan fingerprint density at radius 2 is 1.77 bits per heavy atom. The van der Waals surface area contributed by atoms with Gasteiger partial charge >= 0.3 is 11.8 Å². The van der Waals surface area contributed by atoms with Crippen molar-refractivity contribution in [3.8, 4) is 0 Å². The maximum atomic E-state index is 12.7. The Labute approximate surface area is 153 Å². The van der Waals surface area contributed by atoms with Crippen LogP contribution in [-0.4, -0.2) is 59.4 Å². The number of hydrogen-bond acceptors (Lipinski definition) is 5. The Morgan fingerprint density at radius 3 is 2.38 bits per heavy atom. The lowest BCUT2D eigenvalue weighted by molar-refractivity contribution is -0.144. The smallest absolute Gasteiger partial charge is 0.316 e. The summed E-state index contributed by atoms with van der Waals surface area (Å²) in [6.45, 7) is 6.47. The van der Waals surface area contributed by atoms with Crippen molar-refractivity contribution in [1.82, 2.24) is 14.9 Å². The number of carbonyl (C=O) groups is 2. The molecule has 7 nitrogen and oxygen atoms in total. The molecular formula is C19H23N5O2. The van der Waals surface area contributed by atoms with Crippen molar-refractivity contribution >= 4 is 23.5 Å². The van der Waals surface area contributed by atoms with E-state index in [1.807, 2.05) is 43.0 Å². The van der Waals surface area contributed by atoms with Gasteiger partial charge in [-0.05, 0) is 37.6 Å². The summed E-state index contributed by atoms with van der Waals surface area (Å²) in [4.78, 5) is 39.0. The molecule has 1 saturated heterocycles. The van der Waals surface area contributed by atoms with Crippen LogP contribution in [0.4, 0.5) is 11.6 Å². The van der Waals surface area contributed by atoms with Gasteiger partial charge in [-0.1, -0.05) is 12.1 Å². The van der Waals surface area contributed by atoms with Crippen LogP contribution < -0.4 is 9.80 Å². The van der Waals surface area contributed by atoms with Gasteiger partial charge in [0.25, 0.3) is 0 Å². The fraction of sp³-hybridized carbons (Fsp3) is 0.368. The van der Waals surface area contributed by atoms with Gasteiger partial charge in [0, 0.05) is 50.8 Å². The van der Waals surface area contributed by atoms with Crippen molar-refractivity contribution in [2.75, 3.05) is 42.5 Å². The molecule has 2 aromatic rings. The van der Waals surface area contributed by atoms with Gasteiger partial charge in [0.15, 0.2) is 0 Å². The van der Waals surface area contributed by atoms with Crippen molar-refractivity contribution < 1.29 is 9.59 Å². The zero-order chi connectivity index (χ0) is 18.5. The van der Waals surface area contributed by atoms with Gasteiger partial charge in [0.1, 0.15) is 0 Å². The van der Waals surface area contributed by atoms with E-state index in [0.717, 1.165) is 11.3 Å². The highest BCUT2D eigenvalue weighted by Crippen LogP contribution is 2.17. The van der Waals surface area contributed by atoms with Gasteiger partial charge in [-0.2, -0.15) is 0 Å². The summed E-state index contributed by atoms with van der Waals surface area (Å²) >= 11 is 0. The number of piperazine rings is 1. The van der Waals surface area contributed by atoms with Gasteiger partial charge in [0.05, 0.1) is 0 Å². The molecule has 2 heterocycles. The molecule has 0 bridgehead atoms. The quantitative estimate of drug-likeness (QED) is 0.782. The molecule has 0 radical (unpaired) electrons. The van der Waals surface area contributed by atoms with E-state index in [4.69, 9.17) is 0 Å². The molecule has 0 atom stereocenters. The lowest BCUT2D eigenvalue weighted by Gasteiger charge is -2.35. The molecule has 2 amide bonds. The average molecular weight is 353 g/mol. The van der Waals surface area contributed by atoms with E-state index < -0.39 is 11.8 Å². The molecule has 1 aliphatic heterocycles. The molecule has 0 saturated carbocycles. The maximum Gasteiger partial charge on any atom is 0.316 e. The van der Waals surface area contributed by atoms with E-state index in [9.17, 15) is 9.59 Å². The standard InChI is InChI=1S/C19H23N5O2/c1-3-24(16-7-4-6-15(2)14-16)18(26)17(25)22-10-12-23(13-11-22)19-20-8-5-9-21-19/h4-9,14H,3,10-13H2,1-2H3. The first-order valence-electron chi connectivity index (χ1n) is 8.79. The van der Waals surface area contributed by atoms with Crippen molar-refractivity contribution in [2.24, 2.45) is 0 Å². The van der Waals surface area contributed by atoms with E-state index in [2.05, 4.69) is 9.97 Å². The molecule has 0 aliphatic carbocycles. The predicted molar refractivity (Wildman–Crippen MR) is 100 cm³/mol. The van der Waals surface area contributed by atoms with Crippen LogP contribution in [0, 0.1) is 6.92 Å². The minimum atomic E-state index is -0.484. The second-order valence-electron chi connectivity index (χ2n) is 6.22. The first kappa shape index (κ1) is 17.8. The topological polar surface area (TPSA) is 69.6 Å². The molecule has 0 N–H and O–H groups in total.